The standard InChI is InChI=1S/C26H32N6O2S/c1-26(2,33)17-6-8-31(9-7-17)25(23-12-21-24(35-23)14-27-16-28-21)32-10-11-34-22(15-32)18-4-3-5-20-19(18)13-29-30-20/h3-5,12-14,16-17,22,25,33H,6-11,15H2,1-2H3,(H,29,30). The van der Waals surface area contributed by atoms with Gasteiger partial charge in [0, 0.05) is 42.6 Å². The molecule has 2 unspecified atom stereocenters. The predicted octanol–water partition coefficient (Wildman–Crippen LogP) is 4.12. The number of aliphatic hydroxyl groups is 1. The van der Waals surface area contributed by atoms with Gasteiger partial charge in [-0.1, -0.05) is 12.1 Å². The molecule has 184 valence electrons. The lowest BCUT2D eigenvalue weighted by Crippen LogP contribution is -2.50. The first-order valence-corrected chi connectivity index (χ1v) is 13.2. The normalized spacial score (nSPS) is 22.2. The largest absolute Gasteiger partial charge is 0.390 e. The molecule has 6 rings (SSSR count). The zero-order valence-electron chi connectivity index (χ0n) is 20.2. The molecule has 2 aliphatic rings. The average molecular weight is 493 g/mol. The molecule has 2 aliphatic heterocycles. The molecule has 0 bridgehead atoms. The maximum Gasteiger partial charge on any atom is 0.116 e. The summed E-state index contributed by atoms with van der Waals surface area (Å²) in [6.45, 7) is 8.16. The highest BCUT2D eigenvalue weighted by Crippen LogP contribution is 2.40. The average Bonchev–Trinajstić information content (AvgIpc) is 3.51. The van der Waals surface area contributed by atoms with Crippen LogP contribution in [0.1, 0.15) is 49.4 Å². The number of nitrogens with zero attached hydrogens (tertiary/aromatic N) is 5. The van der Waals surface area contributed by atoms with Gasteiger partial charge in [0.2, 0.25) is 0 Å². The second kappa shape index (κ2) is 9.22. The number of morpholine rings is 1. The lowest BCUT2D eigenvalue weighted by molar-refractivity contribution is -0.0902. The summed E-state index contributed by atoms with van der Waals surface area (Å²) >= 11 is 1.79. The molecule has 0 radical (unpaired) electrons. The number of ether oxygens (including phenoxy) is 1. The molecule has 2 atom stereocenters. The SMILES string of the molecule is CC(C)(O)C1CCN(C(c2cc3ncncc3s2)N2CCOC(c3cccc4[nH]ncc34)C2)CC1. The smallest absolute Gasteiger partial charge is 0.116 e. The molecule has 0 aliphatic carbocycles. The molecule has 2 fully saturated rings. The lowest BCUT2D eigenvalue weighted by atomic mass is 9.83. The molecule has 35 heavy (non-hydrogen) atoms. The number of nitrogens with one attached hydrogen (secondary N) is 1. The number of benzene rings is 1. The Hall–Kier alpha value is -2.43. The molecule has 1 aromatic carbocycles. The van der Waals surface area contributed by atoms with E-state index in [9.17, 15) is 5.11 Å². The second-order valence-corrected chi connectivity index (χ2v) is 11.4. The monoisotopic (exact) mass is 492 g/mol. The highest BCUT2D eigenvalue weighted by atomic mass is 32.1. The Morgan fingerprint density at radius 1 is 1.17 bits per heavy atom. The van der Waals surface area contributed by atoms with Crippen molar-refractivity contribution in [2.75, 3.05) is 32.8 Å². The quantitative estimate of drug-likeness (QED) is 0.433. The number of aromatic nitrogens is 4. The lowest BCUT2D eigenvalue weighted by Gasteiger charge is -2.46. The van der Waals surface area contributed by atoms with Gasteiger partial charge < -0.3 is 9.84 Å². The van der Waals surface area contributed by atoms with Crippen LogP contribution < -0.4 is 0 Å². The van der Waals surface area contributed by atoms with Gasteiger partial charge >= 0.3 is 0 Å². The molecule has 0 amide bonds. The molecule has 3 aromatic heterocycles. The van der Waals surface area contributed by atoms with Crippen LogP contribution in [0.25, 0.3) is 21.1 Å². The van der Waals surface area contributed by atoms with Gasteiger partial charge in [-0.05, 0) is 50.3 Å². The van der Waals surface area contributed by atoms with Gasteiger partial charge in [0.1, 0.15) is 6.33 Å². The first-order valence-electron chi connectivity index (χ1n) is 12.4. The molecule has 4 aromatic rings. The number of aromatic amines is 1. The third-order valence-electron chi connectivity index (χ3n) is 7.65. The van der Waals surface area contributed by atoms with E-state index in [1.54, 1.807) is 17.7 Å². The van der Waals surface area contributed by atoms with Gasteiger partial charge in [-0.25, -0.2) is 9.97 Å². The highest BCUT2D eigenvalue weighted by Gasteiger charge is 2.38. The number of likely N-dealkylation sites (tertiary alicyclic amines) is 1. The van der Waals surface area contributed by atoms with Crippen LogP contribution in [0.3, 0.4) is 0 Å². The minimum atomic E-state index is -0.637. The van der Waals surface area contributed by atoms with Crippen LogP contribution in [0.2, 0.25) is 0 Å². The molecule has 2 saturated heterocycles. The molecule has 8 nitrogen and oxygen atoms in total. The second-order valence-electron chi connectivity index (χ2n) is 10.3. The van der Waals surface area contributed by atoms with E-state index >= 15 is 0 Å². The van der Waals surface area contributed by atoms with Crippen LogP contribution in [0.4, 0.5) is 0 Å². The Kier molecular flexibility index (Phi) is 6.06. The van der Waals surface area contributed by atoms with Crippen molar-refractivity contribution in [3.05, 3.63) is 53.4 Å². The van der Waals surface area contributed by atoms with Crippen molar-refractivity contribution in [2.24, 2.45) is 5.92 Å². The minimum Gasteiger partial charge on any atom is -0.390 e. The van der Waals surface area contributed by atoms with Crippen molar-refractivity contribution >= 4 is 32.5 Å². The van der Waals surface area contributed by atoms with E-state index in [4.69, 9.17) is 4.74 Å². The number of H-pyrrole nitrogens is 1. The number of fused-ring (bicyclic) bond motifs is 2. The van der Waals surface area contributed by atoms with Gasteiger partial charge in [-0.3, -0.25) is 14.9 Å². The Morgan fingerprint density at radius 3 is 2.83 bits per heavy atom. The fourth-order valence-electron chi connectivity index (χ4n) is 5.72. The summed E-state index contributed by atoms with van der Waals surface area (Å²) in [6, 6.07) is 8.52. The van der Waals surface area contributed by atoms with E-state index in [-0.39, 0.29) is 12.3 Å². The van der Waals surface area contributed by atoms with Crippen molar-refractivity contribution < 1.29 is 9.84 Å². The van der Waals surface area contributed by atoms with E-state index in [0.29, 0.717) is 12.5 Å². The van der Waals surface area contributed by atoms with Gasteiger partial charge in [-0.15, -0.1) is 11.3 Å². The summed E-state index contributed by atoms with van der Waals surface area (Å²) < 4.78 is 7.43. The Bertz CT molecular complexity index is 1270. The van der Waals surface area contributed by atoms with Gasteiger partial charge in [0.05, 0.1) is 46.4 Å². The fraction of sp³-hybridized carbons (Fsp3) is 0.500. The summed E-state index contributed by atoms with van der Waals surface area (Å²) in [4.78, 5) is 15.2. The van der Waals surface area contributed by atoms with Gasteiger partial charge in [0.15, 0.2) is 0 Å². The molecule has 0 saturated carbocycles. The number of rotatable bonds is 5. The van der Waals surface area contributed by atoms with Crippen molar-refractivity contribution in [2.45, 2.75) is 44.6 Å². The Labute approximate surface area is 208 Å². The molecule has 9 heteroatoms. The van der Waals surface area contributed by atoms with Crippen molar-refractivity contribution in [3.63, 3.8) is 0 Å². The molecule has 5 heterocycles. The minimum absolute atomic E-state index is 0.0179. The number of hydrogen-bond donors (Lipinski definition) is 2. The van der Waals surface area contributed by atoms with Crippen LogP contribution in [-0.4, -0.2) is 73.5 Å². The third-order valence-corrected chi connectivity index (χ3v) is 8.75. The van der Waals surface area contributed by atoms with Crippen LogP contribution in [0, 0.1) is 5.92 Å². The van der Waals surface area contributed by atoms with Crippen molar-refractivity contribution in [3.8, 4) is 0 Å². The van der Waals surface area contributed by atoms with Gasteiger partial charge in [-0.2, -0.15) is 5.10 Å². The van der Waals surface area contributed by atoms with E-state index in [1.165, 1.54) is 10.4 Å². The number of piperidine rings is 1. The molecule has 0 spiro atoms. The topological polar surface area (TPSA) is 90.4 Å². The molecule has 2 N–H and O–H groups in total. The highest BCUT2D eigenvalue weighted by molar-refractivity contribution is 7.19. The summed E-state index contributed by atoms with van der Waals surface area (Å²) in [5, 5.41) is 19.0. The first kappa shape index (κ1) is 23.0. The fourth-order valence-corrected chi connectivity index (χ4v) is 6.88. The zero-order chi connectivity index (χ0) is 24.0. The zero-order valence-corrected chi connectivity index (χ0v) is 21.0. The van der Waals surface area contributed by atoms with Crippen molar-refractivity contribution in [1.29, 1.82) is 0 Å². The first-order chi connectivity index (χ1) is 17.0. The van der Waals surface area contributed by atoms with Crippen LogP contribution >= 0.6 is 11.3 Å². The summed E-state index contributed by atoms with van der Waals surface area (Å²) in [6.07, 6.45) is 7.55. The predicted molar refractivity (Wildman–Crippen MR) is 137 cm³/mol. The van der Waals surface area contributed by atoms with E-state index in [1.807, 2.05) is 26.2 Å². The summed E-state index contributed by atoms with van der Waals surface area (Å²) in [5.74, 6) is 0.323. The number of hydrogen-bond acceptors (Lipinski definition) is 8. The maximum atomic E-state index is 10.6. The Morgan fingerprint density at radius 2 is 2.03 bits per heavy atom. The van der Waals surface area contributed by atoms with Gasteiger partial charge in [0.25, 0.3) is 0 Å². The van der Waals surface area contributed by atoms with Crippen LogP contribution in [-0.2, 0) is 4.74 Å². The third kappa shape index (κ3) is 4.47. The molecular weight excluding hydrogens is 460 g/mol. The number of thiophene rings is 1. The maximum absolute atomic E-state index is 10.6. The van der Waals surface area contributed by atoms with E-state index < -0.39 is 5.60 Å². The van der Waals surface area contributed by atoms with Crippen molar-refractivity contribution in [1.82, 2.24) is 30.0 Å². The van der Waals surface area contributed by atoms with Crippen LogP contribution in [0.5, 0.6) is 0 Å². The molecular formula is C26H32N6O2S. The van der Waals surface area contributed by atoms with Crippen LogP contribution in [0.15, 0.2) is 43.0 Å². The van der Waals surface area contributed by atoms with E-state index in [2.05, 4.69) is 54.2 Å². The summed E-state index contributed by atoms with van der Waals surface area (Å²) in [7, 11) is 0. The Balaban J connectivity index is 1.32. The summed E-state index contributed by atoms with van der Waals surface area (Å²) in [5.41, 5.74) is 2.59. The van der Waals surface area contributed by atoms with E-state index in [0.717, 1.165) is 60.1 Å².